The van der Waals surface area contributed by atoms with Crippen LogP contribution in [0.4, 0.5) is 4.39 Å². The van der Waals surface area contributed by atoms with Gasteiger partial charge in [0.25, 0.3) is 5.56 Å². The van der Waals surface area contributed by atoms with Gasteiger partial charge in [-0.15, -0.1) is 16.4 Å². The number of hydrogen-bond acceptors (Lipinski definition) is 4. The molecular formula is C17H16FN3OS. The van der Waals surface area contributed by atoms with E-state index >= 15 is 0 Å². The summed E-state index contributed by atoms with van der Waals surface area (Å²) in [4.78, 5) is 14.8. The molecule has 3 aromatic rings. The van der Waals surface area contributed by atoms with Crippen molar-refractivity contribution in [1.29, 1.82) is 0 Å². The van der Waals surface area contributed by atoms with Gasteiger partial charge in [0.1, 0.15) is 5.82 Å². The van der Waals surface area contributed by atoms with Crippen molar-refractivity contribution < 1.29 is 4.39 Å². The Labute approximate surface area is 136 Å². The highest BCUT2D eigenvalue weighted by Crippen LogP contribution is 2.35. The van der Waals surface area contributed by atoms with Gasteiger partial charge in [0.05, 0.1) is 11.9 Å². The van der Waals surface area contributed by atoms with Crippen LogP contribution >= 0.6 is 11.3 Å². The van der Waals surface area contributed by atoms with Gasteiger partial charge in [-0.1, -0.05) is 30.3 Å². The summed E-state index contributed by atoms with van der Waals surface area (Å²) in [6.45, 7) is 2.34. The monoisotopic (exact) mass is 329 g/mol. The van der Waals surface area contributed by atoms with Crippen LogP contribution in [-0.4, -0.2) is 15.0 Å². The predicted molar refractivity (Wildman–Crippen MR) is 88.4 cm³/mol. The first-order valence-electron chi connectivity index (χ1n) is 7.75. The molecule has 2 heterocycles. The molecule has 0 N–H and O–H groups in total. The molecular weight excluding hydrogens is 313 g/mol. The Bertz CT molecular complexity index is 947. The number of nitrogens with zero attached hydrogens (tertiary/aromatic N) is 3. The van der Waals surface area contributed by atoms with Crippen molar-refractivity contribution in [3.63, 3.8) is 0 Å². The largest absolute Gasteiger partial charge is 0.279 e. The third-order valence-electron chi connectivity index (χ3n) is 4.46. The van der Waals surface area contributed by atoms with E-state index in [-0.39, 0.29) is 17.9 Å². The molecule has 1 aromatic carbocycles. The second-order valence-electron chi connectivity index (χ2n) is 6.18. The van der Waals surface area contributed by atoms with E-state index in [0.717, 1.165) is 24.8 Å². The second kappa shape index (κ2) is 5.53. The van der Waals surface area contributed by atoms with Gasteiger partial charge in [0.15, 0.2) is 4.83 Å². The van der Waals surface area contributed by atoms with Crippen molar-refractivity contribution in [2.75, 3.05) is 0 Å². The van der Waals surface area contributed by atoms with Crippen molar-refractivity contribution in [2.24, 2.45) is 5.92 Å². The molecule has 0 saturated heterocycles. The lowest BCUT2D eigenvalue weighted by Gasteiger charge is -2.17. The molecule has 0 amide bonds. The van der Waals surface area contributed by atoms with Crippen LogP contribution in [0.5, 0.6) is 0 Å². The molecule has 1 atom stereocenters. The SMILES string of the molecule is CC1CCc2c(sc3nnn(Cc4ccccc4F)c(=O)c23)C1. The third kappa shape index (κ3) is 2.47. The first-order chi connectivity index (χ1) is 11.1. The average molecular weight is 329 g/mol. The van der Waals surface area contributed by atoms with Crippen LogP contribution in [0.25, 0.3) is 10.2 Å². The maximum atomic E-state index is 13.8. The zero-order valence-corrected chi connectivity index (χ0v) is 13.6. The summed E-state index contributed by atoms with van der Waals surface area (Å²) in [5.41, 5.74) is 1.41. The zero-order valence-electron chi connectivity index (χ0n) is 12.8. The molecule has 118 valence electrons. The molecule has 1 aliphatic carbocycles. The van der Waals surface area contributed by atoms with Crippen molar-refractivity contribution in [3.05, 3.63) is 56.4 Å². The Morgan fingerprint density at radius 2 is 2.22 bits per heavy atom. The second-order valence-corrected chi connectivity index (χ2v) is 7.26. The van der Waals surface area contributed by atoms with Crippen molar-refractivity contribution >= 4 is 21.6 Å². The lowest BCUT2D eigenvalue weighted by Crippen LogP contribution is -2.25. The van der Waals surface area contributed by atoms with Gasteiger partial charge in [-0.05, 0) is 36.8 Å². The Kier molecular flexibility index (Phi) is 3.49. The van der Waals surface area contributed by atoms with Gasteiger partial charge >= 0.3 is 0 Å². The highest BCUT2D eigenvalue weighted by molar-refractivity contribution is 7.18. The summed E-state index contributed by atoms with van der Waals surface area (Å²) < 4.78 is 15.1. The fourth-order valence-corrected chi connectivity index (χ4v) is 4.50. The molecule has 23 heavy (non-hydrogen) atoms. The highest BCUT2D eigenvalue weighted by Gasteiger charge is 2.23. The minimum absolute atomic E-state index is 0.107. The molecule has 0 saturated carbocycles. The summed E-state index contributed by atoms with van der Waals surface area (Å²) in [5.74, 6) is 0.312. The molecule has 4 rings (SSSR count). The molecule has 0 spiro atoms. The summed E-state index contributed by atoms with van der Waals surface area (Å²) >= 11 is 1.57. The molecule has 4 nitrogen and oxygen atoms in total. The van der Waals surface area contributed by atoms with Crippen LogP contribution < -0.4 is 5.56 Å². The first kappa shape index (κ1) is 14.5. The van der Waals surface area contributed by atoms with Crippen molar-refractivity contribution in [1.82, 2.24) is 15.0 Å². The van der Waals surface area contributed by atoms with Gasteiger partial charge in [0, 0.05) is 10.4 Å². The lowest BCUT2D eigenvalue weighted by atomic mass is 9.89. The number of aryl methyl sites for hydroxylation is 1. The fraction of sp³-hybridized carbons (Fsp3) is 0.353. The van der Waals surface area contributed by atoms with E-state index in [2.05, 4.69) is 17.2 Å². The summed E-state index contributed by atoms with van der Waals surface area (Å²) in [5, 5.41) is 8.89. The average Bonchev–Trinajstić information content (AvgIpc) is 2.90. The molecule has 0 fully saturated rings. The summed E-state index contributed by atoms with van der Waals surface area (Å²) in [7, 11) is 0. The minimum Gasteiger partial charge on any atom is -0.267 e. The maximum Gasteiger partial charge on any atom is 0.279 e. The Hall–Kier alpha value is -2.08. The predicted octanol–water partition coefficient (Wildman–Crippen LogP) is 3.17. The van der Waals surface area contributed by atoms with E-state index in [9.17, 15) is 9.18 Å². The number of aromatic nitrogens is 3. The molecule has 6 heteroatoms. The van der Waals surface area contributed by atoms with Crippen LogP contribution in [0.15, 0.2) is 29.1 Å². The topological polar surface area (TPSA) is 47.8 Å². The summed E-state index contributed by atoms with van der Waals surface area (Å²) in [6, 6.07) is 6.44. The van der Waals surface area contributed by atoms with E-state index < -0.39 is 0 Å². The Balaban J connectivity index is 1.82. The fourth-order valence-electron chi connectivity index (χ4n) is 3.18. The molecule has 1 aliphatic rings. The molecule has 0 aliphatic heterocycles. The van der Waals surface area contributed by atoms with E-state index in [4.69, 9.17) is 0 Å². The zero-order chi connectivity index (χ0) is 16.0. The Morgan fingerprint density at radius 1 is 1.39 bits per heavy atom. The first-order valence-corrected chi connectivity index (χ1v) is 8.56. The number of thiophene rings is 1. The van der Waals surface area contributed by atoms with Gasteiger partial charge in [0.2, 0.25) is 0 Å². The van der Waals surface area contributed by atoms with Crippen LogP contribution in [0.2, 0.25) is 0 Å². The normalized spacial score (nSPS) is 17.4. The van der Waals surface area contributed by atoms with Crippen LogP contribution in [0.1, 0.15) is 29.3 Å². The maximum absolute atomic E-state index is 13.8. The van der Waals surface area contributed by atoms with E-state index in [1.165, 1.54) is 15.6 Å². The smallest absolute Gasteiger partial charge is 0.267 e. The van der Waals surface area contributed by atoms with Gasteiger partial charge < -0.3 is 0 Å². The van der Waals surface area contributed by atoms with Gasteiger partial charge in [-0.3, -0.25) is 4.79 Å². The van der Waals surface area contributed by atoms with Gasteiger partial charge in [-0.2, -0.15) is 0 Å². The summed E-state index contributed by atoms with van der Waals surface area (Å²) in [6.07, 6.45) is 3.01. The molecule has 0 bridgehead atoms. The number of rotatable bonds is 2. The minimum atomic E-state index is -0.331. The van der Waals surface area contributed by atoms with Crippen molar-refractivity contribution in [2.45, 2.75) is 32.7 Å². The molecule has 0 radical (unpaired) electrons. The van der Waals surface area contributed by atoms with Crippen LogP contribution in [-0.2, 0) is 19.4 Å². The quantitative estimate of drug-likeness (QED) is 0.725. The lowest BCUT2D eigenvalue weighted by molar-refractivity contribution is 0.508. The van der Waals surface area contributed by atoms with E-state index in [1.807, 2.05) is 0 Å². The van der Waals surface area contributed by atoms with Crippen LogP contribution in [0, 0.1) is 11.7 Å². The van der Waals surface area contributed by atoms with Crippen molar-refractivity contribution in [3.8, 4) is 0 Å². The van der Waals surface area contributed by atoms with Gasteiger partial charge in [-0.25, -0.2) is 9.07 Å². The number of hydrogen-bond donors (Lipinski definition) is 0. The van der Waals surface area contributed by atoms with E-state index in [0.29, 0.717) is 21.7 Å². The molecule has 1 unspecified atom stereocenters. The number of fused-ring (bicyclic) bond motifs is 3. The Morgan fingerprint density at radius 3 is 3.04 bits per heavy atom. The number of benzene rings is 1. The van der Waals surface area contributed by atoms with Crippen LogP contribution in [0.3, 0.4) is 0 Å². The standard InChI is InChI=1S/C17H16FN3OS/c1-10-6-7-12-14(8-10)23-16-15(12)17(22)21(20-19-16)9-11-4-2-3-5-13(11)18/h2-5,10H,6-9H2,1H3. The third-order valence-corrected chi connectivity index (χ3v) is 5.60. The molecule has 2 aromatic heterocycles. The number of halogens is 1. The highest BCUT2D eigenvalue weighted by atomic mass is 32.1. The van der Waals surface area contributed by atoms with E-state index in [1.54, 1.807) is 29.5 Å².